The Labute approximate surface area is 129 Å². The van der Waals surface area contributed by atoms with Crippen LogP contribution in [0.2, 0.25) is 0 Å². The van der Waals surface area contributed by atoms with E-state index in [-0.39, 0.29) is 6.04 Å². The summed E-state index contributed by atoms with van der Waals surface area (Å²) in [5, 5.41) is 3.52. The minimum absolute atomic E-state index is 0.188. The lowest BCUT2D eigenvalue weighted by Gasteiger charge is -2.20. The van der Waals surface area contributed by atoms with Gasteiger partial charge < -0.3 is 5.32 Å². The molecule has 2 aromatic rings. The molecule has 4 heteroatoms. The molecule has 94 valence electrons. The van der Waals surface area contributed by atoms with Crippen molar-refractivity contribution in [3.8, 4) is 0 Å². The van der Waals surface area contributed by atoms with E-state index in [1.807, 2.05) is 12.3 Å². The Morgan fingerprint density at radius 3 is 2.89 bits per heavy atom. The molecule has 0 radical (unpaired) electrons. The van der Waals surface area contributed by atoms with E-state index in [1.54, 1.807) is 6.20 Å². The smallest absolute Gasteiger partial charge is 0.0602 e. The van der Waals surface area contributed by atoms with Gasteiger partial charge in [-0.2, -0.15) is 0 Å². The van der Waals surface area contributed by atoms with Gasteiger partial charge in [-0.1, -0.05) is 28.9 Å². The van der Waals surface area contributed by atoms with E-state index >= 15 is 0 Å². The zero-order valence-electron chi connectivity index (χ0n) is 10.0. The second kappa shape index (κ2) is 6.63. The topological polar surface area (TPSA) is 24.9 Å². The van der Waals surface area contributed by atoms with Crippen LogP contribution in [-0.4, -0.2) is 11.5 Å². The van der Waals surface area contributed by atoms with Gasteiger partial charge in [0.15, 0.2) is 0 Å². The van der Waals surface area contributed by atoms with E-state index < -0.39 is 0 Å². The van der Waals surface area contributed by atoms with Crippen molar-refractivity contribution >= 4 is 38.5 Å². The first kappa shape index (κ1) is 14.0. The maximum atomic E-state index is 4.21. The molecule has 18 heavy (non-hydrogen) atoms. The molecule has 1 unspecified atom stereocenters. The van der Waals surface area contributed by atoms with E-state index in [0.717, 1.165) is 11.0 Å². The van der Waals surface area contributed by atoms with Crippen molar-refractivity contribution in [1.29, 1.82) is 0 Å². The molecule has 1 aromatic carbocycles. The average molecular weight is 417 g/mol. The molecule has 0 fully saturated rings. The summed E-state index contributed by atoms with van der Waals surface area (Å²) < 4.78 is 2.36. The number of hydrogen-bond donors (Lipinski definition) is 1. The lowest BCUT2D eigenvalue weighted by molar-refractivity contribution is 0.626. The molecule has 1 atom stereocenters. The van der Waals surface area contributed by atoms with Crippen molar-refractivity contribution in [3.05, 3.63) is 61.9 Å². The molecule has 0 aliphatic rings. The Morgan fingerprint density at radius 2 is 2.22 bits per heavy atom. The minimum Gasteiger partial charge on any atom is -0.306 e. The maximum Gasteiger partial charge on any atom is 0.0602 e. The number of rotatable bonds is 4. The molecular formula is C14H14BrIN2. The highest BCUT2D eigenvalue weighted by Gasteiger charge is 2.16. The van der Waals surface area contributed by atoms with Crippen LogP contribution >= 0.6 is 38.5 Å². The van der Waals surface area contributed by atoms with E-state index in [0.29, 0.717) is 0 Å². The summed E-state index contributed by atoms with van der Waals surface area (Å²) in [7, 11) is 0. The second-order valence-electron chi connectivity index (χ2n) is 3.94. The fourth-order valence-electron chi connectivity index (χ4n) is 1.89. The third-order valence-corrected chi connectivity index (χ3v) is 4.17. The monoisotopic (exact) mass is 416 g/mol. The fourth-order valence-corrected chi connectivity index (χ4v) is 2.92. The number of aromatic nitrogens is 1. The Balaban J connectivity index is 2.44. The van der Waals surface area contributed by atoms with E-state index in [2.05, 4.69) is 80.0 Å². The quantitative estimate of drug-likeness (QED) is 0.757. The van der Waals surface area contributed by atoms with Crippen LogP contribution in [0, 0.1) is 3.57 Å². The van der Waals surface area contributed by atoms with Crippen molar-refractivity contribution in [1.82, 2.24) is 10.3 Å². The van der Waals surface area contributed by atoms with Gasteiger partial charge in [0.25, 0.3) is 0 Å². The summed E-state index contributed by atoms with van der Waals surface area (Å²) in [4.78, 5) is 4.21. The van der Waals surface area contributed by atoms with Crippen LogP contribution in [0.25, 0.3) is 0 Å². The van der Waals surface area contributed by atoms with Crippen LogP contribution in [0.3, 0.4) is 0 Å². The van der Waals surface area contributed by atoms with E-state index in [1.165, 1.54) is 14.7 Å². The molecular weight excluding hydrogens is 403 g/mol. The fraction of sp³-hybridized carbons (Fsp3) is 0.214. The molecule has 0 aliphatic carbocycles. The normalized spacial score (nSPS) is 12.4. The van der Waals surface area contributed by atoms with Gasteiger partial charge in [-0.3, -0.25) is 4.98 Å². The summed E-state index contributed by atoms with van der Waals surface area (Å²) >= 11 is 5.92. The molecule has 0 bridgehead atoms. The summed E-state index contributed by atoms with van der Waals surface area (Å²) in [6, 6.07) is 10.6. The first-order valence-corrected chi connectivity index (χ1v) is 7.67. The van der Waals surface area contributed by atoms with Crippen molar-refractivity contribution in [2.75, 3.05) is 6.54 Å². The predicted octanol–water partition coefficient (Wildman–Crippen LogP) is 4.15. The molecule has 0 saturated carbocycles. The summed E-state index contributed by atoms with van der Waals surface area (Å²) in [5.74, 6) is 0. The van der Waals surface area contributed by atoms with Gasteiger partial charge >= 0.3 is 0 Å². The third kappa shape index (κ3) is 3.30. The van der Waals surface area contributed by atoms with Gasteiger partial charge in [-0.25, -0.2) is 0 Å². The summed E-state index contributed by atoms with van der Waals surface area (Å²) in [6.07, 6.45) is 3.72. The third-order valence-electron chi connectivity index (χ3n) is 2.70. The molecule has 0 saturated heterocycles. The second-order valence-corrected chi connectivity index (χ2v) is 6.02. The van der Waals surface area contributed by atoms with Crippen LogP contribution in [-0.2, 0) is 0 Å². The molecule has 1 N–H and O–H groups in total. The van der Waals surface area contributed by atoms with E-state index in [9.17, 15) is 0 Å². The van der Waals surface area contributed by atoms with Gasteiger partial charge in [0.05, 0.1) is 6.04 Å². The molecule has 2 rings (SSSR count). The first-order chi connectivity index (χ1) is 8.72. The van der Waals surface area contributed by atoms with Gasteiger partial charge in [-0.05, 0) is 64.5 Å². The van der Waals surface area contributed by atoms with Crippen LogP contribution in [0.5, 0.6) is 0 Å². The maximum absolute atomic E-state index is 4.21. The lowest BCUT2D eigenvalue weighted by Crippen LogP contribution is -2.23. The average Bonchev–Trinajstić information content (AvgIpc) is 2.40. The van der Waals surface area contributed by atoms with Crippen molar-refractivity contribution in [3.63, 3.8) is 0 Å². The number of hydrogen-bond acceptors (Lipinski definition) is 2. The van der Waals surface area contributed by atoms with Gasteiger partial charge in [-0.15, -0.1) is 0 Å². The van der Waals surface area contributed by atoms with Crippen molar-refractivity contribution < 1.29 is 0 Å². The lowest BCUT2D eigenvalue weighted by atomic mass is 10.0. The standard InChI is InChI=1S/C14H14BrIN2/c1-2-18-14(10-4-3-7-17-9-10)12-8-11(15)5-6-13(12)16/h3-9,14,18H,2H2,1H3. The molecule has 0 spiro atoms. The number of nitrogens with one attached hydrogen (secondary N) is 1. The molecule has 2 nitrogen and oxygen atoms in total. The predicted molar refractivity (Wildman–Crippen MR) is 86.6 cm³/mol. The molecule has 0 aliphatic heterocycles. The van der Waals surface area contributed by atoms with Gasteiger partial charge in [0.2, 0.25) is 0 Å². The highest BCUT2D eigenvalue weighted by Crippen LogP contribution is 2.28. The number of nitrogens with zero attached hydrogens (tertiary/aromatic N) is 1. The van der Waals surface area contributed by atoms with Crippen LogP contribution in [0.4, 0.5) is 0 Å². The Bertz CT molecular complexity index is 516. The van der Waals surface area contributed by atoms with Gasteiger partial charge in [0, 0.05) is 20.4 Å². The number of halogens is 2. The highest BCUT2D eigenvalue weighted by atomic mass is 127. The zero-order valence-corrected chi connectivity index (χ0v) is 13.8. The number of benzene rings is 1. The van der Waals surface area contributed by atoms with Crippen LogP contribution in [0.1, 0.15) is 24.1 Å². The minimum atomic E-state index is 0.188. The van der Waals surface area contributed by atoms with Crippen LogP contribution in [0.15, 0.2) is 47.2 Å². The molecule has 0 amide bonds. The summed E-state index contributed by atoms with van der Waals surface area (Å²) in [6.45, 7) is 3.04. The number of pyridine rings is 1. The Kier molecular flexibility index (Phi) is 5.14. The Morgan fingerprint density at radius 1 is 1.39 bits per heavy atom. The Hall–Kier alpha value is -0.460. The first-order valence-electron chi connectivity index (χ1n) is 5.80. The van der Waals surface area contributed by atoms with Crippen LogP contribution < -0.4 is 5.32 Å². The highest BCUT2D eigenvalue weighted by molar-refractivity contribution is 14.1. The van der Waals surface area contributed by atoms with Gasteiger partial charge in [0.1, 0.15) is 0 Å². The largest absolute Gasteiger partial charge is 0.306 e. The molecule has 1 aromatic heterocycles. The van der Waals surface area contributed by atoms with Crippen molar-refractivity contribution in [2.45, 2.75) is 13.0 Å². The molecule has 1 heterocycles. The van der Waals surface area contributed by atoms with Crippen molar-refractivity contribution in [2.24, 2.45) is 0 Å². The zero-order chi connectivity index (χ0) is 13.0. The SMILES string of the molecule is CCNC(c1cccnc1)c1cc(Br)ccc1I. The summed E-state index contributed by atoms with van der Waals surface area (Å²) in [5.41, 5.74) is 2.47. The van der Waals surface area contributed by atoms with E-state index in [4.69, 9.17) is 0 Å².